The zero-order chi connectivity index (χ0) is 15.5. The van der Waals surface area contributed by atoms with Crippen molar-refractivity contribution in [2.24, 2.45) is 11.8 Å². The van der Waals surface area contributed by atoms with Crippen LogP contribution in [0.25, 0.3) is 0 Å². The molecular formula is C16H23N3O3. The van der Waals surface area contributed by atoms with Crippen molar-refractivity contribution in [2.75, 3.05) is 25.1 Å². The zero-order valence-corrected chi connectivity index (χ0v) is 12.9. The number of anilines is 1. The molecule has 120 valence electrons. The summed E-state index contributed by atoms with van der Waals surface area (Å²) < 4.78 is 5.32. The zero-order valence-electron chi connectivity index (χ0n) is 12.9. The number of aryl methyl sites for hydroxylation is 1. The van der Waals surface area contributed by atoms with Crippen molar-refractivity contribution in [1.29, 1.82) is 0 Å². The molecule has 2 heterocycles. The van der Waals surface area contributed by atoms with E-state index in [9.17, 15) is 9.90 Å². The lowest BCUT2D eigenvalue weighted by molar-refractivity contribution is -0.144. The Hall–Kier alpha value is -1.69. The number of hydrogen-bond donors (Lipinski definition) is 2. The van der Waals surface area contributed by atoms with Crippen molar-refractivity contribution in [3.63, 3.8) is 0 Å². The van der Waals surface area contributed by atoms with Gasteiger partial charge in [-0.2, -0.15) is 0 Å². The first-order chi connectivity index (χ1) is 10.6. The molecule has 2 fully saturated rings. The van der Waals surface area contributed by atoms with Crippen molar-refractivity contribution in [3.05, 3.63) is 17.6 Å². The molecule has 6 heteroatoms. The van der Waals surface area contributed by atoms with Gasteiger partial charge in [-0.15, -0.1) is 0 Å². The Balaban J connectivity index is 1.65. The minimum atomic E-state index is -0.743. The normalized spacial score (nSPS) is 20.6. The molecule has 1 aliphatic heterocycles. The van der Waals surface area contributed by atoms with Crippen LogP contribution in [0.3, 0.4) is 0 Å². The summed E-state index contributed by atoms with van der Waals surface area (Å²) in [4.78, 5) is 20.6. The highest BCUT2D eigenvalue weighted by Gasteiger charge is 2.30. The largest absolute Gasteiger partial charge is 0.481 e. The molecule has 1 atom stereocenters. The molecule has 0 bridgehead atoms. The molecule has 3 rings (SSSR count). The number of aromatic nitrogens is 2. The van der Waals surface area contributed by atoms with Gasteiger partial charge in [0.25, 0.3) is 0 Å². The quantitative estimate of drug-likeness (QED) is 0.838. The number of nitrogens with zero attached hydrogens (tertiary/aromatic N) is 2. The van der Waals surface area contributed by atoms with Crippen LogP contribution in [0.4, 0.5) is 5.82 Å². The Morgan fingerprint density at radius 1 is 1.36 bits per heavy atom. The van der Waals surface area contributed by atoms with E-state index in [4.69, 9.17) is 4.74 Å². The van der Waals surface area contributed by atoms with Gasteiger partial charge in [0.2, 0.25) is 0 Å². The van der Waals surface area contributed by atoms with E-state index in [-0.39, 0.29) is 5.92 Å². The molecule has 1 aliphatic carbocycles. The predicted octanol–water partition coefficient (Wildman–Crippen LogP) is 2.20. The second kappa shape index (κ2) is 6.60. The van der Waals surface area contributed by atoms with E-state index in [0.717, 1.165) is 43.0 Å². The molecule has 0 amide bonds. The fourth-order valence-corrected chi connectivity index (χ4v) is 2.99. The molecule has 0 radical (unpaired) electrons. The van der Waals surface area contributed by atoms with Gasteiger partial charge in [0, 0.05) is 37.4 Å². The third-order valence-electron chi connectivity index (χ3n) is 4.47. The SMILES string of the molecule is Cc1cc(NCC(C(=O)O)C2CCOCC2)nc(C2CC2)n1. The first-order valence-corrected chi connectivity index (χ1v) is 8.03. The Morgan fingerprint density at radius 3 is 2.73 bits per heavy atom. The third kappa shape index (κ3) is 3.74. The lowest BCUT2D eigenvalue weighted by atomic mass is 9.86. The van der Waals surface area contributed by atoms with Crippen LogP contribution in [0.15, 0.2) is 6.07 Å². The maximum absolute atomic E-state index is 11.6. The predicted molar refractivity (Wildman–Crippen MR) is 81.9 cm³/mol. The molecule has 1 aromatic rings. The smallest absolute Gasteiger partial charge is 0.308 e. The fourth-order valence-electron chi connectivity index (χ4n) is 2.99. The van der Waals surface area contributed by atoms with Gasteiger partial charge in [-0.25, -0.2) is 9.97 Å². The van der Waals surface area contributed by atoms with Crippen LogP contribution in [-0.2, 0) is 9.53 Å². The summed E-state index contributed by atoms with van der Waals surface area (Å²) in [6, 6.07) is 1.88. The number of carbonyl (C=O) groups is 1. The minimum absolute atomic E-state index is 0.171. The fraction of sp³-hybridized carbons (Fsp3) is 0.688. The average molecular weight is 305 g/mol. The van der Waals surface area contributed by atoms with E-state index in [2.05, 4.69) is 15.3 Å². The second-order valence-corrected chi connectivity index (χ2v) is 6.30. The van der Waals surface area contributed by atoms with Crippen molar-refractivity contribution in [1.82, 2.24) is 9.97 Å². The van der Waals surface area contributed by atoms with Crippen LogP contribution >= 0.6 is 0 Å². The van der Waals surface area contributed by atoms with Crippen molar-refractivity contribution >= 4 is 11.8 Å². The number of ether oxygens (including phenoxy) is 1. The van der Waals surface area contributed by atoms with Gasteiger partial charge in [0.15, 0.2) is 0 Å². The van der Waals surface area contributed by atoms with Gasteiger partial charge in [-0.05, 0) is 38.5 Å². The molecule has 1 aromatic heterocycles. The lowest BCUT2D eigenvalue weighted by Gasteiger charge is -2.27. The molecule has 0 spiro atoms. The summed E-state index contributed by atoms with van der Waals surface area (Å²) in [5.74, 6) is 1.15. The van der Waals surface area contributed by atoms with E-state index in [1.807, 2.05) is 13.0 Å². The molecular weight excluding hydrogens is 282 g/mol. The van der Waals surface area contributed by atoms with Crippen molar-refractivity contribution in [3.8, 4) is 0 Å². The molecule has 1 saturated heterocycles. The number of aliphatic carboxylic acids is 1. The van der Waals surface area contributed by atoms with Crippen LogP contribution < -0.4 is 5.32 Å². The van der Waals surface area contributed by atoms with Crippen LogP contribution in [-0.4, -0.2) is 40.8 Å². The maximum Gasteiger partial charge on any atom is 0.308 e. The minimum Gasteiger partial charge on any atom is -0.481 e. The maximum atomic E-state index is 11.6. The molecule has 6 nitrogen and oxygen atoms in total. The molecule has 2 N–H and O–H groups in total. The van der Waals surface area contributed by atoms with E-state index >= 15 is 0 Å². The Bertz CT molecular complexity index is 539. The van der Waals surface area contributed by atoms with Crippen molar-refractivity contribution < 1.29 is 14.6 Å². The number of carboxylic acid groups (broad SMARTS) is 1. The van der Waals surface area contributed by atoms with Crippen LogP contribution in [0.5, 0.6) is 0 Å². The first-order valence-electron chi connectivity index (χ1n) is 8.03. The van der Waals surface area contributed by atoms with Crippen LogP contribution in [0.1, 0.15) is 43.1 Å². The molecule has 22 heavy (non-hydrogen) atoms. The number of nitrogens with one attached hydrogen (secondary N) is 1. The summed E-state index contributed by atoms with van der Waals surface area (Å²) in [6.07, 6.45) is 3.94. The Kier molecular flexibility index (Phi) is 4.57. The number of carboxylic acids is 1. The van der Waals surface area contributed by atoms with Gasteiger partial charge in [-0.1, -0.05) is 0 Å². The third-order valence-corrected chi connectivity index (χ3v) is 4.47. The summed E-state index contributed by atoms with van der Waals surface area (Å²) in [5, 5.41) is 12.7. The Morgan fingerprint density at radius 2 is 2.09 bits per heavy atom. The molecule has 2 aliphatic rings. The highest BCUT2D eigenvalue weighted by Crippen LogP contribution is 2.38. The highest BCUT2D eigenvalue weighted by molar-refractivity contribution is 5.71. The molecule has 0 aromatic carbocycles. The van der Waals surface area contributed by atoms with E-state index < -0.39 is 11.9 Å². The second-order valence-electron chi connectivity index (χ2n) is 6.30. The molecule has 1 unspecified atom stereocenters. The summed E-state index contributed by atoms with van der Waals surface area (Å²) in [7, 11) is 0. The van der Waals surface area contributed by atoms with E-state index in [1.54, 1.807) is 0 Å². The number of hydrogen-bond acceptors (Lipinski definition) is 5. The van der Waals surface area contributed by atoms with Gasteiger partial charge in [-0.3, -0.25) is 4.79 Å². The topological polar surface area (TPSA) is 84.3 Å². The van der Waals surface area contributed by atoms with Gasteiger partial charge < -0.3 is 15.2 Å². The van der Waals surface area contributed by atoms with Gasteiger partial charge in [0.05, 0.1) is 5.92 Å². The monoisotopic (exact) mass is 305 g/mol. The van der Waals surface area contributed by atoms with Crippen LogP contribution in [0.2, 0.25) is 0 Å². The average Bonchev–Trinajstić information content (AvgIpc) is 3.32. The van der Waals surface area contributed by atoms with Crippen molar-refractivity contribution in [2.45, 2.75) is 38.5 Å². The van der Waals surface area contributed by atoms with Gasteiger partial charge in [0.1, 0.15) is 11.6 Å². The van der Waals surface area contributed by atoms with Gasteiger partial charge >= 0.3 is 5.97 Å². The summed E-state index contributed by atoms with van der Waals surface area (Å²) in [6.45, 7) is 3.67. The first kappa shape index (κ1) is 15.2. The molecule has 1 saturated carbocycles. The van der Waals surface area contributed by atoms with E-state index in [1.165, 1.54) is 0 Å². The number of rotatable bonds is 6. The Labute approximate surface area is 130 Å². The van der Waals surface area contributed by atoms with Crippen LogP contribution in [0, 0.1) is 18.8 Å². The lowest BCUT2D eigenvalue weighted by Crippen LogP contribution is -2.34. The van der Waals surface area contributed by atoms with E-state index in [0.29, 0.717) is 25.7 Å². The summed E-state index contributed by atoms with van der Waals surface area (Å²) >= 11 is 0. The highest BCUT2D eigenvalue weighted by atomic mass is 16.5. The standard InChI is InChI=1S/C16H23N3O3/c1-10-8-14(19-15(18-10)12-2-3-12)17-9-13(16(20)21)11-4-6-22-7-5-11/h8,11-13H,2-7,9H2,1H3,(H,20,21)(H,17,18,19). The summed E-state index contributed by atoms with van der Waals surface area (Å²) in [5.41, 5.74) is 0.928.